The monoisotopic (exact) mass is 363 g/mol. The Bertz CT molecular complexity index is 1270. The molecule has 3 N–H and O–H groups in total. The fourth-order valence-electron chi connectivity index (χ4n) is 3.80. The van der Waals surface area contributed by atoms with E-state index in [-0.39, 0.29) is 0 Å². The van der Waals surface area contributed by atoms with Crippen LogP contribution in [0.15, 0.2) is 91.0 Å². The molecular weight excluding hydrogens is 345 g/mol. The predicted molar refractivity (Wildman–Crippen MR) is 117 cm³/mol. The summed E-state index contributed by atoms with van der Waals surface area (Å²) in [6.07, 6.45) is 0. The van der Waals surface area contributed by atoms with Crippen LogP contribution in [0, 0.1) is 0 Å². The lowest BCUT2D eigenvalue weighted by atomic mass is 9.80. The van der Waals surface area contributed by atoms with Crippen molar-refractivity contribution in [3.8, 4) is 22.3 Å². The van der Waals surface area contributed by atoms with Gasteiger partial charge in [0, 0.05) is 21.9 Å². The average molecular weight is 363 g/mol. The number of benzene rings is 4. The lowest BCUT2D eigenvalue weighted by Crippen LogP contribution is -2.29. The summed E-state index contributed by atoms with van der Waals surface area (Å²) < 4.78 is 0. The Morgan fingerprint density at radius 3 is 1.89 bits per heavy atom. The number of aromatic nitrogens is 1. The van der Waals surface area contributed by atoms with Gasteiger partial charge in [-0.25, -0.2) is 0 Å². The van der Waals surface area contributed by atoms with Gasteiger partial charge in [0.05, 0.1) is 5.52 Å². The molecular formula is C24H18BNO2. The van der Waals surface area contributed by atoms with Crippen molar-refractivity contribution in [2.75, 3.05) is 0 Å². The predicted octanol–water partition coefficient (Wildman–Crippen LogP) is 4.33. The standard InChI is InChI=1S/C24H18BNO2/c27-25(28)19-14-12-17(13-15-19)16-8-10-18(11-9-16)20-5-3-6-22-21-4-1-2-7-23(21)26-24(20)22/h1-15,26-28H. The van der Waals surface area contributed by atoms with Crippen LogP contribution in [-0.4, -0.2) is 22.2 Å². The minimum Gasteiger partial charge on any atom is -0.423 e. The van der Waals surface area contributed by atoms with Crippen molar-refractivity contribution in [1.82, 2.24) is 4.98 Å². The molecule has 0 aliphatic carbocycles. The zero-order chi connectivity index (χ0) is 19.1. The summed E-state index contributed by atoms with van der Waals surface area (Å²) in [7, 11) is -1.44. The fourth-order valence-corrected chi connectivity index (χ4v) is 3.80. The lowest BCUT2D eigenvalue weighted by Gasteiger charge is -2.07. The average Bonchev–Trinajstić information content (AvgIpc) is 3.13. The van der Waals surface area contributed by atoms with E-state index in [4.69, 9.17) is 0 Å². The van der Waals surface area contributed by atoms with E-state index in [0.29, 0.717) is 5.46 Å². The number of para-hydroxylation sites is 2. The molecule has 5 rings (SSSR count). The normalized spacial score (nSPS) is 11.2. The lowest BCUT2D eigenvalue weighted by molar-refractivity contribution is 0.426. The largest absolute Gasteiger partial charge is 0.488 e. The molecule has 0 bridgehead atoms. The van der Waals surface area contributed by atoms with Gasteiger partial charge in [0.25, 0.3) is 0 Å². The highest BCUT2D eigenvalue weighted by Gasteiger charge is 2.11. The van der Waals surface area contributed by atoms with Gasteiger partial charge >= 0.3 is 7.12 Å². The van der Waals surface area contributed by atoms with Gasteiger partial charge in [-0.05, 0) is 28.2 Å². The number of H-pyrrole nitrogens is 1. The molecule has 0 unspecified atom stereocenters. The number of rotatable bonds is 3. The maximum atomic E-state index is 9.24. The molecule has 0 aliphatic rings. The van der Waals surface area contributed by atoms with Crippen molar-refractivity contribution in [3.63, 3.8) is 0 Å². The molecule has 134 valence electrons. The number of hydrogen-bond acceptors (Lipinski definition) is 2. The first-order chi connectivity index (χ1) is 13.7. The van der Waals surface area contributed by atoms with Gasteiger partial charge in [0.2, 0.25) is 0 Å². The van der Waals surface area contributed by atoms with Crippen LogP contribution in [0.25, 0.3) is 44.1 Å². The van der Waals surface area contributed by atoms with E-state index in [1.807, 2.05) is 18.2 Å². The van der Waals surface area contributed by atoms with Crippen molar-refractivity contribution in [3.05, 3.63) is 91.0 Å². The summed E-state index contributed by atoms with van der Waals surface area (Å²) in [5.41, 5.74) is 7.25. The SMILES string of the molecule is OB(O)c1ccc(-c2ccc(-c3cccc4c3[nH]c3ccccc34)cc2)cc1. The molecule has 28 heavy (non-hydrogen) atoms. The highest BCUT2D eigenvalue weighted by Crippen LogP contribution is 2.33. The zero-order valence-corrected chi connectivity index (χ0v) is 15.1. The summed E-state index contributed by atoms with van der Waals surface area (Å²) in [6, 6.07) is 30.5. The number of aromatic amines is 1. The Kier molecular flexibility index (Phi) is 4.01. The summed E-state index contributed by atoms with van der Waals surface area (Å²) in [4.78, 5) is 3.56. The molecule has 3 nitrogen and oxygen atoms in total. The topological polar surface area (TPSA) is 56.2 Å². The van der Waals surface area contributed by atoms with Crippen LogP contribution in [0.4, 0.5) is 0 Å². The molecule has 0 fully saturated rings. The molecule has 0 spiro atoms. The van der Waals surface area contributed by atoms with Gasteiger partial charge in [-0.2, -0.15) is 0 Å². The number of hydrogen-bond donors (Lipinski definition) is 3. The van der Waals surface area contributed by atoms with Crippen LogP contribution in [-0.2, 0) is 0 Å². The molecule has 0 atom stereocenters. The Hall–Kier alpha value is -3.34. The van der Waals surface area contributed by atoms with Crippen LogP contribution in [0.1, 0.15) is 0 Å². The molecule has 1 aromatic heterocycles. The van der Waals surface area contributed by atoms with E-state index >= 15 is 0 Å². The quantitative estimate of drug-likeness (QED) is 0.418. The Balaban J connectivity index is 1.55. The van der Waals surface area contributed by atoms with Gasteiger partial charge in [-0.15, -0.1) is 0 Å². The maximum absolute atomic E-state index is 9.24. The Labute approximate surface area is 163 Å². The summed E-state index contributed by atoms with van der Waals surface area (Å²) in [5.74, 6) is 0. The van der Waals surface area contributed by atoms with Crippen molar-refractivity contribution in [1.29, 1.82) is 0 Å². The smallest absolute Gasteiger partial charge is 0.423 e. The third kappa shape index (κ3) is 2.80. The van der Waals surface area contributed by atoms with Gasteiger partial charge in [-0.3, -0.25) is 0 Å². The third-order valence-corrected chi connectivity index (χ3v) is 5.28. The van der Waals surface area contributed by atoms with E-state index in [1.54, 1.807) is 12.1 Å². The fraction of sp³-hybridized carbons (Fsp3) is 0. The van der Waals surface area contributed by atoms with E-state index in [1.165, 1.54) is 16.3 Å². The van der Waals surface area contributed by atoms with Gasteiger partial charge < -0.3 is 15.0 Å². The van der Waals surface area contributed by atoms with Crippen LogP contribution in [0.5, 0.6) is 0 Å². The molecule has 0 aliphatic heterocycles. The minimum absolute atomic E-state index is 0.492. The third-order valence-electron chi connectivity index (χ3n) is 5.28. The second-order valence-corrected chi connectivity index (χ2v) is 6.97. The van der Waals surface area contributed by atoms with E-state index < -0.39 is 7.12 Å². The van der Waals surface area contributed by atoms with E-state index in [2.05, 4.69) is 65.6 Å². The van der Waals surface area contributed by atoms with Crippen molar-refractivity contribution in [2.45, 2.75) is 0 Å². The van der Waals surface area contributed by atoms with Crippen LogP contribution in [0.2, 0.25) is 0 Å². The summed E-state index contributed by atoms with van der Waals surface area (Å²) in [6.45, 7) is 0. The molecule has 0 radical (unpaired) electrons. The molecule has 0 saturated heterocycles. The first-order valence-corrected chi connectivity index (χ1v) is 9.27. The van der Waals surface area contributed by atoms with E-state index in [0.717, 1.165) is 27.7 Å². The number of fused-ring (bicyclic) bond motifs is 3. The molecule has 4 heteroatoms. The summed E-state index contributed by atoms with van der Waals surface area (Å²) >= 11 is 0. The molecule has 0 saturated carbocycles. The summed E-state index contributed by atoms with van der Waals surface area (Å²) in [5, 5.41) is 20.9. The van der Waals surface area contributed by atoms with Crippen molar-refractivity contribution >= 4 is 34.4 Å². The van der Waals surface area contributed by atoms with Crippen molar-refractivity contribution < 1.29 is 10.0 Å². The highest BCUT2D eigenvalue weighted by molar-refractivity contribution is 6.58. The Morgan fingerprint density at radius 2 is 1.18 bits per heavy atom. The van der Waals surface area contributed by atoms with Crippen LogP contribution >= 0.6 is 0 Å². The first kappa shape index (κ1) is 16.8. The first-order valence-electron chi connectivity index (χ1n) is 9.27. The molecule has 1 heterocycles. The van der Waals surface area contributed by atoms with Gasteiger partial charge in [-0.1, -0.05) is 84.9 Å². The molecule has 5 aromatic rings. The van der Waals surface area contributed by atoms with Gasteiger partial charge in [0.1, 0.15) is 0 Å². The number of nitrogens with one attached hydrogen (secondary N) is 1. The molecule has 0 amide bonds. The zero-order valence-electron chi connectivity index (χ0n) is 15.1. The van der Waals surface area contributed by atoms with E-state index in [9.17, 15) is 10.0 Å². The van der Waals surface area contributed by atoms with Crippen LogP contribution in [0.3, 0.4) is 0 Å². The maximum Gasteiger partial charge on any atom is 0.488 e. The molecule has 4 aromatic carbocycles. The van der Waals surface area contributed by atoms with Crippen molar-refractivity contribution in [2.24, 2.45) is 0 Å². The Morgan fingerprint density at radius 1 is 0.571 bits per heavy atom. The minimum atomic E-state index is -1.44. The second kappa shape index (κ2) is 6.68. The van der Waals surface area contributed by atoms with Gasteiger partial charge in [0.15, 0.2) is 0 Å². The van der Waals surface area contributed by atoms with Crippen LogP contribution < -0.4 is 5.46 Å². The highest BCUT2D eigenvalue weighted by atomic mass is 16.4. The second-order valence-electron chi connectivity index (χ2n) is 6.97.